The van der Waals surface area contributed by atoms with Gasteiger partial charge in [-0.3, -0.25) is 9.52 Å². The number of carbonyl (C=O) groups is 1. The molecule has 30 heavy (non-hydrogen) atoms. The summed E-state index contributed by atoms with van der Waals surface area (Å²) in [5.74, 6) is -2.35. The summed E-state index contributed by atoms with van der Waals surface area (Å²) in [7, 11) is -4.43. The molecule has 0 atom stereocenters. The van der Waals surface area contributed by atoms with Crippen LogP contribution in [0.1, 0.15) is 15.9 Å². The second kappa shape index (κ2) is 7.19. The van der Waals surface area contributed by atoms with Gasteiger partial charge in [-0.25, -0.2) is 27.2 Å². The van der Waals surface area contributed by atoms with Crippen LogP contribution >= 0.6 is 0 Å². The number of rotatable bonds is 5. The number of benzene rings is 2. The summed E-state index contributed by atoms with van der Waals surface area (Å²) in [4.78, 5) is 22.8. The van der Waals surface area contributed by atoms with Crippen LogP contribution in [0.4, 0.5) is 20.3 Å². The number of ketones is 1. The first kappa shape index (κ1) is 19.5. The highest BCUT2D eigenvalue weighted by Gasteiger charge is 2.22. The first-order valence-electron chi connectivity index (χ1n) is 8.46. The quantitative estimate of drug-likeness (QED) is 0.418. The summed E-state index contributed by atoms with van der Waals surface area (Å²) >= 11 is 0. The van der Waals surface area contributed by atoms with Gasteiger partial charge in [-0.1, -0.05) is 12.1 Å². The van der Waals surface area contributed by atoms with Crippen molar-refractivity contribution in [1.82, 2.24) is 15.0 Å². The van der Waals surface area contributed by atoms with E-state index < -0.39 is 32.3 Å². The lowest BCUT2D eigenvalue weighted by molar-refractivity contribution is 0.104. The van der Waals surface area contributed by atoms with Gasteiger partial charge in [-0.15, -0.1) is 0 Å². The van der Waals surface area contributed by atoms with E-state index in [-0.39, 0.29) is 22.6 Å². The van der Waals surface area contributed by atoms with Gasteiger partial charge in [-0.05, 0) is 30.3 Å². The van der Waals surface area contributed by atoms with Crippen molar-refractivity contribution in [2.75, 3.05) is 10.5 Å². The van der Waals surface area contributed by atoms with Crippen molar-refractivity contribution in [1.29, 1.82) is 0 Å². The predicted octanol–water partition coefficient (Wildman–Crippen LogP) is 2.85. The van der Waals surface area contributed by atoms with Crippen LogP contribution in [-0.4, -0.2) is 29.2 Å². The number of hydrogen-bond acceptors (Lipinski definition) is 6. The fraction of sp³-hybridized carbons (Fsp3) is 0. The summed E-state index contributed by atoms with van der Waals surface area (Å²) < 4.78 is 54.3. The van der Waals surface area contributed by atoms with E-state index in [4.69, 9.17) is 5.73 Å². The minimum atomic E-state index is -4.43. The van der Waals surface area contributed by atoms with E-state index >= 15 is 0 Å². The predicted molar refractivity (Wildman–Crippen MR) is 105 cm³/mol. The molecule has 4 aromatic rings. The SMILES string of the molecule is Nc1ncnc2[nH]cc(C(=O)c3cccc(NS(=O)(=O)c4cc(F)ccc4F)c3)c12. The smallest absolute Gasteiger partial charge is 0.264 e. The molecule has 0 unspecified atom stereocenters. The number of hydrogen-bond donors (Lipinski definition) is 3. The number of aromatic amines is 1. The third kappa shape index (κ3) is 3.46. The van der Waals surface area contributed by atoms with Gasteiger partial charge in [0.2, 0.25) is 0 Å². The number of anilines is 2. The largest absolute Gasteiger partial charge is 0.383 e. The molecule has 4 N–H and O–H groups in total. The third-order valence-corrected chi connectivity index (χ3v) is 5.70. The number of halogens is 2. The van der Waals surface area contributed by atoms with Crippen molar-refractivity contribution >= 4 is 38.3 Å². The van der Waals surface area contributed by atoms with Gasteiger partial charge >= 0.3 is 0 Å². The number of nitrogens with two attached hydrogens (primary N) is 1. The Morgan fingerprint density at radius 2 is 1.90 bits per heavy atom. The molecule has 0 saturated carbocycles. The Kier molecular flexibility index (Phi) is 4.66. The Labute approximate surface area is 168 Å². The molecule has 0 aliphatic rings. The molecule has 2 aromatic heterocycles. The number of fused-ring (bicyclic) bond motifs is 1. The Morgan fingerprint density at radius 1 is 1.10 bits per heavy atom. The number of nitrogens with one attached hydrogen (secondary N) is 2. The van der Waals surface area contributed by atoms with Crippen molar-refractivity contribution in [2.45, 2.75) is 4.90 Å². The van der Waals surface area contributed by atoms with E-state index in [1.807, 2.05) is 0 Å². The number of carbonyl (C=O) groups excluding carboxylic acids is 1. The van der Waals surface area contributed by atoms with Gasteiger partial charge in [0.1, 0.15) is 34.3 Å². The van der Waals surface area contributed by atoms with Crippen molar-refractivity contribution in [3.05, 3.63) is 77.8 Å². The Morgan fingerprint density at radius 3 is 2.70 bits per heavy atom. The topological polar surface area (TPSA) is 131 Å². The summed E-state index contributed by atoms with van der Waals surface area (Å²) in [6, 6.07) is 7.66. The van der Waals surface area contributed by atoms with E-state index in [2.05, 4.69) is 19.7 Å². The fourth-order valence-electron chi connectivity index (χ4n) is 2.94. The van der Waals surface area contributed by atoms with E-state index in [0.29, 0.717) is 23.2 Å². The maximum Gasteiger partial charge on any atom is 0.264 e. The van der Waals surface area contributed by atoms with Crippen LogP contribution in [0.25, 0.3) is 11.0 Å². The normalized spacial score (nSPS) is 11.5. The van der Waals surface area contributed by atoms with Crippen LogP contribution in [0.3, 0.4) is 0 Å². The highest BCUT2D eigenvalue weighted by atomic mass is 32.2. The Bertz CT molecular complexity index is 1400. The van der Waals surface area contributed by atoms with Gasteiger partial charge in [0.05, 0.1) is 10.9 Å². The lowest BCUT2D eigenvalue weighted by Crippen LogP contribution is -2.15. The molecule has 152 valence electrons. The molecule has 0 aliphatic heterocycles. The average molecular weight is 429 g/mol. The van der Waals surface area contributed by atoms with Crippen molar-refractivity contribution < 1.29 is 22.0 Å². The van der Waals surface area contributed by atoms with Crippen LogP contribution in [0, 0.1) is 11.6 Å². The second-order valence-corrected chi connectivity index (χ2v) is 7.93. The molecule has 0 fully saturated rings. The first-order chi connectivity index (χ1) is 14.3. The van der Waals surface area contributed by atoms with Gasteiger partial charge in [0.15, 0.2) is 5.78 Å². The standard InChI is InChI=1S/C19H13F2N5O3S/c20-11-4-5-14(21)15(7-11)30(28,29)26-12-3-1-2-10(6-12)17(27)13-8-23-19-16(13)18(22)24-9-25-19/h1-9,26H,(H3,22,23,24,25). The zero-order chi connectivity index (χ0) is 21.5. The van der Waals surface area contributed by atoms with Gasteiger partial charge < -0.3 is 10.7 Å². The maximum absolute atomic E-state index is 13.9. The minimum absolute atomic E-state index is 0.00595. The van der Waals surface area contributed by atoms with Crippen molar-refractivity contribution in [2.24, 2.45) is 0 Å². The molecule has 0 aliphatic carbocycles. The molecular weight excluding hydrogens is 416 g/mol. The van der Waals surface area contributed by atoms with Gasteiger partial charge in [-0.2, -0.15) is 0 Å². The number of aromatic nitrogens is 3. The molecule has 2 aromatic carbocycles. The molecule has 0 bridgehead atoms. The molecule has 0 amide bonds. The van der Waals surface area contributed by atoms with Gasteiger partial charge in [0, 0.05) is 17.4 Å². The van der Waals surface area contributed by atoms with E-state index in [1.165, 1.54) is 36.8 Å². The fourth-order valence-corrected chi connectivity index (χ4v) is 4.08. The van der Waals surface area contributed by atoms with Crippen LogP contribution in [0.2, 0.25) is 0 Å². The molecule has 0 saturated heterocycles. The van der Waals surface area contributed by atoms with E-state index in [0.717, 1.165) is 6.07 Å². The summed E-state index contributed by atoms with van der Waals surface area (Å²) in [5.41, 5.74) is 6.56. The lowest BCUT2D eigenvalue weighted by Gasteiger charge is -2.10. The number of nitrogen functional groups attached to an aromatic ring is 1. The Hall–Kier alpha value is -3.86. The maximum atomic E-state index is 13.9. The Balaban J connectivity index is 1.69. The lowest BCUT2D eigenvalue weighted by atomic mass is 10.0. The van der Waals surface area contributed by atoms with Gasteiger partial charge in [0.25, 0.3) is 10.0 Å². The van der Waals surface area contributed by atoms with E-state index in [9.17, 15) is 22.0 Å². The zero-order valence-electron chi connectivity index (χ0n) is 15.1. The van der Waals surface area contributed by atoms with Crippen LogP contribution in [-0.2, 0) is 10.0 Å². The highest BCUT2D eigenvalue weighted by molar-refractivity contribution is 7.92. The molecule has 0 radical (unpaired) electrons. The van der Waals surface area contributed by atoms with Crippen LogP contribution < -0.4 is 10.5 Å². The number of nitrogens with zero attached hydrogens (tertiary/aromatic N) is 2. The zero-order valence-corrected chi connectivity index (χ0v) is 15.9. The third-order valence-electron chi connectivity index (χ3n) is 4.30. The highest BCUT2D eigenvalue weighted by Crippen LogP contribution is 2.25. The molecule has 0 spiro atoms. The van der Waals surface area contributed by atoms with Crippen molar-refractivity contribution in [3.8, 4) is 0 Å². The average Bonchev–Trinajstić information content (AvgIpc) is 3.14. The summed E-state index contributed by atoms with van der Waals surface area (Å²) in [5, 5.41) is 0.343. The summed E-state index contributed by atoms with van der Waals surface area (Å²) in [6.07, 6.45) is 2.68. The van der Waals surface area contributed by atoms with Crippen LogP contribution in [0.5, 0.6) is 0 Å². The molecular formula is C19H13F2N5O3S. The second-order valence-electron chi connectivity index (χ2n) is 6.28. The molecule has 2 heterocycles. The number of H-pyrrole nitrogens is 1. The molecule has 8 nitrogen and oxygen atoms in total. The molecule has 11 heteroatoms. The van der Waals surface area contributed by atoms with Crippen molar-refractivity contribution in [3.63, 3.8) is 0 Å². The summed E-state index contributed by atoms with van der Waals surface area (Å²) in [6.45, 7) is 0. The first-order valence-corrected chi connectivity index (χ1v) is 9.95. The molecule has 4 rings (SSSR count). The monoisotopic (exact) mass is 429 g/mol. The van der Waals surface area contributed by atoms with E-state index in [1.54, 1.807) is 0 Å². The minimum Gasteiger partial charge on any atom is -0.383 e. The number of sulfonamides is 1. The van der Waals surface area contributed by atoms with Crippen LogP contribution in [0.15, 0.2) is 59.9 Å².